The van der Waals surface area contributed by atoms with Crippen LogP contribution in [0.1, 0.15) is 65.9 Å². The third-order valence-electron chi connectivity index (χ3n) is 6.69. The third-order valence-corrected chi connectivity index (χ3v) is 6.69. The second kappa shape index (κ2) is 6.87. The Morgan fingerprint density at radius 3 is 2.41 bits per heavy atom. The Bertz CT molecular complexity index is 1030. The molecule has 146 valence electrons. The second-order valence-corrected chi connectivity index (χ2v) is 8.66. The highest BCUT2D eigenvalue weighted by atomic mass is 15.3. The van der Waals surface area contributed by atoms with Gasteiger partial charge in [0.25, 0.3) is 0 Å². The Morgan fingerprint density at radius 1 is 0.828 bits per heavy atom. The summed E-state index contributed by atoms with van der Waals surface area (Å²) in [6, 6.07) is 22.2. The van der Waals surface area contributed by atoms with Crippen molar-refractivity contribution in [1.29, 1.82) is 0 Å². The molecule has 2 aliphatic heterocycles. The molecule has 0 spiro atoms. The molecule has 4 nitrogen and oxygen atoms in total. The number of anilines is 2. The van der Waals surface area contributed by atoms with E-state index in [4.69, 9.17) is 9.97 Å². The maximum atomic E-state index is 4.98. The zero-order valence-electron chi connectivity index (χ0n) is 16.6. The molecule has 29 heavy (non-hydrogen) atoms. The second-order valence-electron chi connectivity index (χ2n) is 8.66. The van der Waals surface area contributed by atoms with Crippen LogP contribution < -0.4 is 10.2 Å². The van der Waals surface area contributed by atoms with Crippen molar-refractivity contribution >= 4 is 11.8 Å². The van der Waals surface area contributed by atoms with Gasteiger partial charge < -0.3 is 10.2 Å². The van der Waals surface area contributed by atoms with Crippen molar-refractivity contribution in [3.05, 3.63) is 83.0 Å². The molecule has 4 heteroatoms. The van der Waals surface area contributed by atoms with Crippen LogP contribution in [0.4, 0.5) is 11.8 Å². The summed E-state index contributed by atoms with van der Waals surface area (Å²) < 4.78 is 0. The van der Waals surface area contributed by atoms with Gasteiger partial charge in [-0.15, -0.1) is 0 Å². The van der Waals surface area contributed by atoms with E-state index >= 15 is 0 Å². The molecule has 0 amide bonds. The van der Waals surface area contributed by atoms with Gasteiger partial charge in [-0.3, -0.25) is 0 Å². The SMILES string of the molecule is c1ccc(CNc2nc(C3CC3)cc(N3C[C@H]4CC[C@H]3c3ccccc34)n2)cc1. The number of benzene rings is 2. The molecule has 1 saturated carbocycles. The summed E-state index contributed by atoms with van der Waals surface area (Å²) in [6.07, 6.45) is 5.02. The van der Waals surface area contributed by atoms with Gasteiger partial charge in [0, 0.05) is 31.0 Å². The van der Waals surface area contributed by atoms with Crippen LogP contribution in [-0.2, 0) is 6.54 Å². The predicted octanol–water partition coefficient (Wildman–Crippen LogP) is 5.40. The first-order valence-electron chi connectivity index (χ1n) is 10.9. The largest absolute Gasteiger partial charge is 0.350 e. The van der Waals surface area contributed by atoms with E-state index in [2.05, 4.69) is 70.9 Å². The minimum absolute atomic E-state index is 0.445. The quantitative estimate of drug-likeness (QED) is 0.641. The normalized spacial score (nSPS) is 22.4. The minimum atomic E-state index is 0.445. The number of aromatic nitrogens is 2. The molecule has 7 rings (SSSR count). The van der Waals surface area contributed by atoms with Crippen LogP contribution >= 0.6 is 0 Å². The Balaban J connectivity index is 1.32. The Morgan fingerprint density at radius 2 is 1.59 bits per heavy atom. The molecule has 3 aromatic rings. The van der Waals surface area contributed by atoms with Crippen molar-refractivity contribution in [2.24, 2.45) is 0 Å². The Labute approximate surface area is 172 Å². The molecule has 4 aliphatic rings. The van der Waals surface area contributed by atoms with Crippen LogP contribution in [0.2, 0.25) is 0 Å². The van der Waals surface area contributed by atoms with Gasteiger partial charge in [0.2, 0.25) is 5.95 Å². The molecule has 0 radical (unpaired) electrons. The predicted molar refractivity (Wildman–Crippen MR) is 116 cm³/mol. The number of nitrogens with one attached hydrogen (secondary N) is 1. The van der Waals surface area contributed by atoms with Crippen molar-refractivity contribution in [3.8, 4) is 0 Å². The third kappa shape index (κ3) is 3.17. The van der Waals surface area contributed by atoms with Gasteiger partial charge in [-0.2, -0.15) is 4.98 Å². The van der Waals surface area contributed by atoms with Gasteiger partial charge in [0.05, 0.1) is 11.7 Å². The van der Waals surface area contributed by atoms with Gasteiger partial charge in [-0.25, -0.2) is 4.98 Å². The number of fused-ring (bicyclic) bond motifs is 2. The Kier molecular flexibility index (Phi) is 4.03. The number of hydrogen-bond donors (Lipinski definition) is 1. The van der Waals surface area contributed by atoms with E-state index < -0.39 is 0 Å². The lowest BCUT2D eigenvalue weighted by Gasteiger charge is -2.47. The molecule has 2 fully saturated rings. The van der Waals surface area contributed by atoms with E-state index in [0.717, 1.165) is 24.9 Å². The van der Waals surface area contributed by atoms with Crippen LogP contribution in [0.5, 0.6) is 0 Å². The number of hydrogen-bond acceptors (Lipinski definition) is 4. The molecule has 2 aliphatic carbocycles. The standard InChI is InChI=1S/C25H26N4/c1-2-6-17(7-3-1)15-26-25-27-22(18-10-11-18)14-24(28-25)29-16-19-12-13-23(29)21-9-5-4-8-20(19)21/h1-9,14,18-19,23H,10-13,15-16H2,(H,26,27,28)/t19-,23+/m1/s1. The van der Waals surface area contributed by atoms with Crippen molar-refractivity contribution in [2.75, 3.05) is 16.8 Å². The van der Waals surface area contributed by atoms with Crippen molar-refractivity contribution in [3.63, 3.8) is 0 Å². The van der Waals surface area contributed by atoms with Crippen molar-refractivity contribution in [1.82, 2.24) is 9.97 Å². The summed E-state index contributed by atoms with van der Waals surface area (Å²) in [5.41, 5.74) is 5.51. The summed E-state index contributed by atoms with van der Waals surface area (Å²) in [5.74, 6) is 3.10. The smallest absolute Gasteiger partial charge is 0.225 e. The van der Waals surface area contributed by atoms with E-state index in [1.165, 1.54) is 42.5 Å². The fourth-order valence-corrected chi connectivity index (χ4v) is 5.03. The maximum Gasteiger partial charge on any atom is 0.225 e. The molecule has 0 unspecified atom stereocenters. The van der Waals surface area contributed by atoms with Crippen LogP contribution in [0, 0.1) is 0 Å². The molecular formula is C25H26N4. The van der Waals surface area contributed by atoms with Crippen LogP contribution in [0.25, 0.3) is 0 Å². The number of piperidine rings is 1. The highest BCUT2D eigenvalue weighted by Crippen LogP contribution is 2.48. The average Bonchev–Trinajstić information content (AvgIpc) is 3.64. The van der Waals surface area contributed by atoms with Gasteiger partial charge >= 0.3 is 0 Å². The Hall–Kier alpha value is -2.88. The van der Waals surface area contributed by atoms with Crippen molar-refractivity contribution < 1.29 is 0 Å². The molecule has 2 aromatic carbocycles. The van der Waals surface area contributed by atoms with Crippen LogP contribution in [-0.4, -0.2) is 16.5 Å². The molecule has 1 aromatic heterocycles. The minimum Gasteiger partial charge on any atom is -0.350 e. The molecule has 2 atom stereocenters. The molecule has 2 bridgehead atoms. The van der Waals surface area contributed by atoms with E-state index in [-0.39, 0.29) is 0 Å². The topological polar surface area (TPSA) is 41.1 Å². The van der Waals surface area contributed by atoms with E-state index in [0.29, 0.717) is 17.9 Å². The van der Waals surface area contributed by atoms with Gasteiger partial charge in [0.15, 0.2) is 0 Å². The summed E-state index contributed by atoms with van der Waals surface area (Å²) in [7, 11) is 0. The average molecular weight is 383 g/mol. The van der Waals surface area contributed by atoms with Gasteiger partial charge in [0.1, 0.15) is 5.82 Å². The first-order valence-corrected chi connectivity index (χ1v) is 10.9. The van der Waals surface area contributed by atoms with Gasteiger partial charge in [-0.1, -0.05) is 54.6 Å². The molecule has 1 N–H and O–H groups in total. The zero-order valence-corrected chi connectivity index (χ0v) is 16.6. The summed E-state index contributed by atoms with van der Waals surface area (Å²) >= 11 is 0. The molecule has 3 heterocycles. The van der Waals surface area contributed by atoms with E-state index in [1.807, 2.05) is 0 Å². The van der Waals surface area contributed by atoms with Crippen LogP contribution in [0.3, 0.4) is 0 Å². The van der Waals surface area contributed by atoms with Gasteiger partial charge in [-0.05, 0) is 42.4 Å². The van der Waals surface area contributed by atoms with Crippen LogP contribution in [0.15, 0.2) is 60.7 Å². The zero-order chi connectivity index (χ0) is 19.2. The molecular weight excluding hydrogens is 356 g/mol. The summed E-state index contributed by atoms with van der Waals surface area (Å²) in [5, 5.41) is 3.48. The summed E-state index contributed by atoms with van der Waals surface area (Å²) in [6.45, 7) is 1.82. The lowest BCUT2D eigenvalue weighted by molar-refractivity contribution is 0.387. The summed E-state index contributed by atoms with van der Waals surface area (Å²) in [4.78, 5) is 12.4. The highest BCUT2D eigenvalue weighted by Gasteiger charge is 2.39. The van der Waals surface area contributed by atoms with Crippen molar-refractivity contribution in [2.45, 2.75) is 50.1 Å². The van der Waals surface area contributed by atoms with E-state index in [1.54, 1.807) is 5.56 Å². The number of rotatable bonds is 5. The first kappa shape index (κ1) is 17.0. The lowest BCUT2D eigenvalue weighted by atomic mass is 9.75. The first-order chi connectivity index (χ1) is 14.3. The van der Waals surface area contributed by atoms with E-state index in [9.17, 15) is 0 Å². The fourth-order valence-electron chi connectivity index (χ4n) is 5.03. The fraction of sp³-hybridized carbons (Fsp3) is 0.360. The maximum absolute atomic E-state index is 4.98. The number of nitrogens with zero attached hydrogens (tertiary/aromatic N) is 3. The highest BCUT2D eigenvalue weighted by molar-refractivity contribution is 5.54. The lowest BCUT2D eigenvalue weighted by Crippen LogP contribution is -2.43. The monoisotopic (exact) mass is 382 g/mol. The molecule has 1 saturated heterocycles.